The lowest BCUT2D eigenvalue weighted by Gasteiger charge is -2.09. The van der Waals surface area contributed by atoms with Crippen LogP contribution in [0.15, 0.2) is 16.6 Å². The van der Waals surface area contributed by atoms with Gasteiger partial charge in [0.1, 0.15) is 0 Å². The minimum absolute atomic E-state index is 0.247. The van der Waals surface area contributed by atoms with E-state index >= 15 is 0 Å². The lowest BCUT2D eigenvalue weighted by atomic mass is 10.00. The van der Waals surface area contributed by atoms with Gasteiger partial charge in [-0.15, -0.1) is 0 Å². The second-order valence-electron chi connectivity index (χ2n) is 5.37. The fourth-order valence-corrected chi connectivity index (χ4v) is 2.84. The fraction of sp³-hybridized carbons (Fsp3) is 0.562. The van der Waals surface area contributed by atoms with Crippen molar-refractivity contribution in [1.29, 1.82) is 0 Å². The van der Waals surface area contributed by atoms with Crippen LogP contribution in [0.5, 0.6) is 0 Å². The molecule has 1 unspecified atom stereocenters. The van der Waals surface area contributed by atoms with Crippen LogP contribution >= 0.6 is 15.9 Å². The Morgan fingerprint density at radius 1 is 1.37 bits per heavy atom. The van der Waals surface area contributed by atoms with E-state index in [1.165, 1.54) is 6.42 Å². The third-order valence-corrected chi connectivity index (χ3v) is 4.96. The van der Waals surface area contributed by atoms with E-state index in [1.807, 2.05) is 26.0 Å². The zero-order chi connectivity index (χ0) is 13.8. The molecule has 0 spiro atoms. The first kappa shape index (κ1) is 14.7. The van der Waals surface area contributed by atoms with Gasteiger partial charge in [-0.2, -0.15) is 0 Å². The molecule has 2 nitrogen and oxygen atoms in total. The highest BCUT2D eigenvalue weighted by Crippen LogP contribution is 2.24. The molecule has 1 fully saturated rings. The number of ketones is 1. The highest BCUT2D eigenvalue weighted by Gasteiger charge is 2.16. The molecule has 104 valence electrons. The van der Waals surface area contributed by atoms with E-state index in [-0.39, 0.29) is 5.78 Å². The van der Waals surface area contributed by atoms with Crippen molar-refractivity contribution < 1.29 is 9.53 Å². The SMILES string of the molecule is Cc1cc(C(=O)CCCC2CCCO2)cc(C)c1Br. The standard InChI is InChI=1S/C16H21BrO2/c1-11-9-13(10-12(2)16(11)17)15(18)7-3-5-14-6-4-8-19-14/h9-10,14H,3-8H2,1-2H3. The van der Waals surface area contributed by atoms with E-state index < -0.39 is 0 Å². The summed E-state index contributed by atoms with van der Waals surface area (Å²) in [6.45, 7) is 4.95. The van der Waals surface area contributed by atoms with Crippen LogP contribution in [0, 0.1) is 13.8 Å². The summed E-state index contributed by atoms with van der Waals surface area (Å²) in [6, 6.07) is 3.96. The minimum Gasteiger partial charge on any atom is -0.378 e. The molecule has 1 saturated heterocycles. The van der Waals surface area contributed by atoms with E-state index in [9.17, 15) is 4.79 Å². The summed E-state index contributed by atoms with van der Waals surface area (Å²) in [5, 5.41) is 0. The van der Waals surface area contributed by atoms with Crippen molar-refractivity contribution in [3.63, 3.8) is 0 Å². The molecule has 1 heterocycles. The number of ether oxygens (including phenoxy) is 1. The summed E-state index contributed by atoms with van der Waals surface area (Å²) < 4.78 is 6.68. The molecule has 1 aliphatic rings. The van der Waals surface area contributed by atoms with Crippen LogP contribution < -0.4 is 0 Å². The molecule has 1 aliphatic heterocycles. The monoisotopic (exact) mass is 324 g/mol. The number of hydrogen-bond donors (Lipinski definition) is 0. The molecule has 1 atom stereocenters. The molecule has 0 amide bonds. The number of benzene rings is 1. The van der Waals surface area contributed by atoms with Gasteiger partial charge in [0.2, 0.25) is 0 Å². The quantitative estimate of drug-likeness (QED) is 0.740. The molecule has 0 aromatic heterocycles. The maximum Gasteiger partial charge on any atom is 0.162 e. The molecule has 0 N–H and O–H groups in total. The Balaban J connectivity index is 1.88. The smallest absolute Gasteiger partial charge is 0.162 e. The van der Waals surface area contributed by atoms with Crippen molar-refractivity contribution >= 4 is 21.7 Å². The van der Waals surface area contributed by atoms with Crippen LogP contribution in [0.4, 0.5) is 0 Å². The Kier molecular flexibility index (Phi) is 5.17. The Morgan fingerprint density at radius 2 is 2.05 bits per heavy atom. The molecular formula is C16H21BrO2. The number of rotatable bonds is 5. The van der Waals surface area contributed by atoms with Crippen LogP contribution in [0.2, 0.25) is 0 Å². The Morgan fingerprint density at radius 3 is 2.63 bits per heavy atom. The van der Waals surface area contributed by atoms with E-state index in [0.29, 0.717) is 12.5 Å². The molecular weight excluding hydrogens is 304 g/mol. The summed E-state index contributed by atoms with van der Waals surface area (Å²) in [7, 11) is 0. The van der Waals surface area contributed by atoms with Gasteiger partial charge >= 0.3 is 0 Å². The number of hydrogen-bond acceptors (Lipinski definition) is 2. The lowest BCUT2D eigenvalue weighted by Crippen LogP contribution is -2.07. The average molecular weight is 325 g/mol. The second kappa shape index (κ2) is 6.67. The zero-order valence-electron chi connectivity index (χ0n) is 11.7. The largest absolute Gasteiger partial charge is 0.378 e. The molecule has 3 heteroatoms. The molecule has 0 saturated carbocycles. The highest BCUT2D eigenvalue weighted by molar-refractivity contribution is 9.10. The minimum atomic E-state index is 0.247. The van der Waals surface area contributed by atoms with E-state index in [0.717, 1.165) is 47.0 Å². The first-order valence-electron chi connectivity index (χ1n) is 6.99. The fourth-order valence-electron chi connectivity index (χ4n) is 2.61. The van der Waals surface area contributed by atoms with Crippen molar-refractivity contribution in [2.45, 2.75) is 52.1 Å². The molecule has 1 aromatic carbocycles. The van der Waals surface area contributed by atoms with Crippen molar-refractivity contribution in [3.05, 3.63) is 33.3 Å². The average Bonchev–Trinajstić information content (AvgIpc) is 2.88. The van der Waals surface area contributed by atoms with E-state index in [1.54, 1.807) is 0 Å². The van der Waals surface area contributed by atoms with Gasteiger partial charge in [-0.3, -0.25) is 4.79 Å². The summed E-state index contributed by atoms with van der Waals surface area (Å²) >= 11 is 3.53. The molecule has 0 radical (unpaired) electrons. The number of Topliss-reactive ketones (excluding diaryl/α,β-unsaturated/α-hetero) is 1. The van der Waals surface area contributed by atoms with Crippen molar-refractivity contribution in [1.82, 2.24) is 0 Å². The maximum absolute atomic E-state index is 12.2. The summed E-state index contributed by atoms with van der Waals surface area (Å²) in [4.78, 5) is 12.2. The van der Waals surface area contributed by atoms with Gasteiger partial charge in [0.15, 0.2) is 5.78 Å². The predicted octanol–water partition coefficient (Wildman–Crippen LogP) is 4.60. The normalized spacial score (nSPS) is 18.8. The number of carbonyl (C=O) groups excluding carboxylic acids is 1. The van der Waals surface area contributed by atoms with E-state index in [4.69, 9.17) is 4.74 Å². The van der Waals surface area contributed by atoms with Crippen molar-refractivity contribution in [2.24, 2.45) is 0 Å². The van der Waals surface area contributed by atoms with Crippen LogP contribution in [0.1, 0.15) is 53.6 Å². The molecule has 2 rings (SSSR count). The Hall–Kier alpha value is -0.670. The van der Waals surface area contributed by atoms with Gasteiger partial charge in [0.05, 0.1) is 6.10 Å². The number of carbonyl (C=O) groups is 1. The van der Waals surface area contributed by atoms with Crippen molar-refractivity contribution in [3.8, 4) is 0 Å². The second-order valence-corrected chi connectivity index (χ2v) is 6.17. The van der Waals surface area contributed by atoms with Gasteiger partial charge in [-0.05, 0) is 62.8 Å². The van der Waals surface area contributed by atoms with Crippen LogP contribution in [-0.2, 0) is 4.74 Å². The van der Waals surface area contributed by atoms with Crippen molar-refractivity contribution in [2.75, 3.05) is 6.61 Å². The molecule has 0 bridgehead atoms. The molecule has 0 aliphatic carbocycles. The zero-order valence-corrected chi connectivity index (χ0v) is 13.3. The third kappa shape index (κ3) is 3.90. The first-order chi connectivity index (χ1) is 9.08. The van der Waals surface area contributed by atoms with Crippen LogP contribution in [-0.4, -0.2) is 18.5 Å². The summed E-state index contributed by atoms with van der Waals surface area (Å²) in [5.41, 5.74) is 3.09. The van der Waals surface area contributed by atoms with Gasteiger partial charge in [0, 0.05) is 23.1 Å². The maximum atomic E-state index is 12.2. The molecule has 19 heavy (non-hydrogen) atoms. The predicted molar refractivity (Wildman–Crippen MR) is 80.8 cm³/mol. The summed E-state index contributed by atoms with van der Waals surface area (Å²) in [5.74, 6) is 0.247. The van der Waals surface area contributed by atoms with Gasteiger partial charge in [-0.25, -0.2) is 0 Å². The third-order valence-electron chi connectivity index (χ3n) is 3.71. The molecule has 1 aromatic rings. The van der Waals surface area contributed by atoms with Gasteiger partial charge in [-0.1, -0.05) is 15.9 Å². The van der Waals surface area contributed by atoms with E-state index in [2.05, 4.69) is 15.9 Å². The van der Waals surface area contributed by atoms with Gasteiger partial charge in [0.25, 0.3) is 0 Å². The Labute approximate surface area is 123 Å². The topological polar surface area (TPSA) is 26.3 Å². The Bertz CT molecular complexity index is 439. The van der Waals surface area contributed by atoms with Crippen LogP contribution in [0.3, 0.4) is 0 Å². The number of halogens is 1. The highest BCUT2D eigenvalue weighted by atomic mass is 79.9. The van der Waals surface area contributed by atoms with Gasteiger partial charge < -0.3 is 4.74 Å². The van der Waals surface area contributed by atoms with Crippen LogP contribution in [0.25, 0.3) is 0 Å². The number of aryl methyl sites for hydroxylation is 2. The summed E-state index contributed by atoms with van der Waals surface area (Å²) in [6.07, 6.45) is 5.29. The lowest BCUT2D eigenvalue weighted by molar-refractivity contribution is 0.0922. The first-order valence-corrected chi connectivity index (χ1v) is 7.79.